The zero-order valence-electron chi connectivity index (χ0n) is 8.29. The number of aromatic nitrogens is 3. The fourth-order valence-electron chi connectivity index (χ4n) is 1.23. The van der Waals surface area contributed by atoms with E-state index < -0.39 is 5.95 Å². The van der Waals surface area contributed by atoms with Gasteiger partial charge >= 0.3 is 0 Å². The molecule has 0 aliphatic heterocycles. The number of halogens is 1. The van der Waals surface area contributed by atoms with E-state index in [0.29, 0.717) is 6.54 Å². The first-order valence-electron chi connectivity index (χ1n) is 4.60. The van der Waals surface area contributed by atoms with Gasteiger partial charge in [0.15, 0.2) is 0 Å². The van der Waals surface area contributed by atoms with Crippen molar-refractivity contribution in [2.24, 2.45) is 0 Å². The minimum absolute atomic E-state index is 0.472. The minimum Gasteiger partial charge on any atom is -0.380 e. The van der Waals surface area contributed by atoms with Gasteiger partial charge < -0.3 is 5.32 Å². The van der Waals surface area contributed by atoms with Gasteiger partial charge in [0, 0.05) is 17.8 Å². The SMILES string of the molecule is Cc1[nH]ncc1CNc1ccc(F)nc1. The maximum Gasteiger partial charge on any atom is 0.212 e. The topological polar surface area (TPSA) is 53.6 Å². The summed E-state index contributed by atoms with van der Waals surface area (Å²) in [5.41, 5.74) is 2.90. The van der Waals surface area contributed by atoms with Crippen LogP contribution in [-0.2, 0) is 6.54 Å². The minimum atomic E-state index is -0.472. The molecular formula is C10H11FN4. The number of pyridine rings is 1. The monoisotopic (exact) mass is 206 g/mol. The summed E-state index contributed by atoms with van der Waals surface area (Å²) in [5, 5.41) is 9.88. The van der Waals surface area contributed by atoms with Crippen molar-refractivity contribution in [3.63, 3.8) is 0 Å². The maximum absolute atomic E-state index is 12.5. The van der Waals surface area contributed by atoms with Crippen LogP contribution in [-0.4, -0.2) is 15.2 Å². The predicted octanol–water partition coefficient (Wildman–Crippen LogP) is 1.86. The van der Waals surface area contributed by atoms with Crippen molar-refractivity contribution in [1.29, 1.82) is 0 Å². The van der Waals surface area contributed by atoms with E-state index >= 15 is 0 Å². The Morgan fingerprint density at radius 1 is 1.40 bits per heavy atom. The number of nitrogens with zero attached hydrogens (tertiary/aromatic N) is 2. The van der Waals surface area contributed by atoms with E-state index in [2.05, 4.69) is 20.5 Å². The van der Waals surface area contributed by atoms with Gasteiger partial charge in [0.25, 0.3) is 0 Å². The number of nitrogens with one attached hydrogen (secondary N) is 2. The fourth-order valence-corrected chi connectivity index (χ4v) is 1.23. The standard InChI is InChI=1S/C10H11FN4/c1-7-8(5-14-15-7)4-12-9-2-3-10(11)13-6-9/h2-3,5-6,12H,4H2,1H3,(H,14,15). The molecule has 0 aromatic carbocycles. The third-order valence-corrected chi connectivity index (χ3v) is 2.14. The fraction of sp³-hybridized carbons (Fsp3) is 0.200. The number of hydrogen-bond acceptors (Lipinski definition) is 3. The molecule has 15 heavy (non-hydrogen) atoms. The lowest BCUT2D eigenvalue weighted by Crippen LogP contribution is -2.00. The van der Waals surface area contributed by atoms with Gasteiger partial charge in [-0.2, -0.15) is 9.49 Å². The average Bonchev–Trinajstić information content (AvgIpc) is 2.63. The zero-order chi connectivity index (χ0) is 10.7. The quantitative estimate of drug-likeness (QED) is 0.754. The highest BCUT2D eigenvalue weighted by Crippen LogP contribution is 2.09. The average molecular weight is 206 g/mol. The largest absolute Gasteiger partial charge is 0.380 e. The van der Waals surface area contributed by atoms with E-state index in [0.717, 1.165) is 16.9 Å². The lowest BCUT2D eigenvalue weighted by Gasteiger charge is -2.04. The molecule has 0 aliphatic carbocycles. The van der Waals surface area contributed by atoms with Crippen molar-refractivity contribution in [3.8, 4) is 0 Å². The molecule has 0 aliphatic rings. The molecule has 0 saturated carbocycles. The molecule has 2 aromatic heterocycles. The third-order valence-electron chi connectivity index (χ3n) is 2.14. The molecule has 0 saturated heterocycles. The van der Waals surface area contributed by atoms with Crippen LogP contribution in [0.15, 0.2) is 24.5 Å². The first-order valence-corrected chi connectivity index (χ1v) is 4.60. The van der Waals surface area contributed by atoms with Crippen LogP contribution in [0.4, 0.5) is 10.1 Å². The third kappa shape index (κ3) is 2.31. The van der Waals surface area contributed by atoms with Gasteiger partial charge in [-0.05, 0) is 19.1 Å². The van der Waals surface area contributed by atoms with Crippen molar-refractivity contribution < 1.29 is 4.39 Å². The molecule has 2 rings (SSSR count). The maximum atomic E-state index is 12.5. The molecular weight excluding hydrogens is 195 g/mol. The predicted molar refractivity (Wildman–Crippen MR) is 54.8 cm³/mol. The second-order valence-electron chi connectivity index (χ2n) is 3.24. The van der Waals surface area contributed by atoms with Crippen molar-refractivity contribution in [2.45, 2.75) is 13.5 Å². The molecule has 2 aromatic rings. The molecule has 0 radical (unpaired) electrons. The molecule has 2 N–H and O–H groups in total. The summed E-state index contributed by atoms with van der Waals surface area (Å²) in [7, 11) is 0. The normalized spacial score (nSPS) is 10.3. The first-order chi connectivity index (χ1) is 7.25. The second-order valence-corrected chi connectivity index (χ2v) is 3.24. The lowest BCUT2D eigenvalue weighted by molar-refractivity contribution is 0.584. The smallest absolute Gasteiger partial charge is 0.212 e. The molecule has 4 nitrogen and oxygen atoms in total. The Kier molecular flexibility index (Phi) is 2.62. The Balaban J connectivity index is 1.99. The van der Waals surface area contributed by atoms with Crippen LogP contribution in [0.3, 0.4) is 0 Å². The summed E-state index contributed by atoms with van der Waals surface area (Å²) in [5.74, 6) is -0.472. The van der Waals surface area contributed by atoms with Crippen LogP contribution in [0.2, 0.25) is 0 Å². The van der Waals surface area contributed by atoms with Gasteiger partial charge in [0.05, 0.1) is 18.1 Å². The van der Waals surface area contributed by atoms with Gasteiger partial charge in [-0.1, -0.05) is 0 Å². The van der Waals surface area contributed by atoms with Crippen molar-refractivity contribution in [1.82, 2.24) is 15.2 Å². The van der Waals surface area contributed by atoms with Gasteiger partial charge in [0.2, 0.25) is 5.95 Å². The van der Waals surface area contributed by atoms with E-state index in [4.69, 9.17) is 0 Å². The number of anilines is 1. The van der Waals surface area contributed by atoms with Crippen molar-refractivity contribution >= 4 is 5.69 Å². The Morgan fingerprint density at radius 2 is 2.27 bits per heavy atom. The second kappa shape index (κ2) is 4.08. The highest BCUT2D eigenvalue weighted by molar-refractivity contribution is 5.40. The van der Waals surface area contributed by atoms with E-state index in [1.54, 1.807) is 12.3 Å². The van der Waals surface area contributed by atoms with E-state index in [1.807, 2.05) is 6.92 Å². The molecule has 78 valence electrons. The van der Waals surface area contributed by atoms with Gasteiger partial charge in [-0.3, -0.25) is 5.10 Å². The van der Waals surface area contributed by atoms with Crippen molar-refractivity contribution in [3.05, 3.63) is 41.7 Å². The summed E-state index contributed by atoms with van der Waals surface area (Å²) in [6.07, 6.45) is 3.23. The van der Waals surface area contributed by atoms with Crippen LogP contribution >= 0.6 is 0 Å². The zero-order valence-corrected chi connectivity index (χ0v) is 8.29. The van der Waals surface area contributed by atoms with Crippen molar-refractivity contribution in [2.75, 3.05) is 5.32 Å². The van der Waals surface area contributed by atoms with Crippen LogP contribution in [0, 0.1) is 12.9 Å². The van der Waals surface area contributed by atoms with Gasteiger partial charge in [0.1, 0.15) is 0 Å². The molecule has 5 heteroatoms. The number of H-pyrrole nitrogens is 1. The highest BCUT2D eigenvalue weighted by Gasteiger charge is 2.00. The summed E-state index contributed by atoms with van der Waals surface area (Å²) in [6.45, 7) is 2.60. The number of rotatable bonds is 3. The Hall–Kier alpha value is -1.91. The van der Waals surface area contributed by atoms with E-state index in [1.165, 1.54) is 12.3 Å². The highest BCUT2D eigenvalue weighted by atomic mass is 19.1. The molecule has 0 spiro atoms. The summed E-state index contributed by atoms with van der Waals surface area (Å²) >= 11 is 0. The molecule has 0 amide bonds. The van der Waals surface area contributed by atoms with Gasteiger partial charge in [-0.25, -0.2) is 4.98 Å². The molecule has 2 heterocycles. The Labute approximate surface area is 86.6 Å². The van der Waals surface area contributed by atoms with Gasteiger partial charge in [-0.15, -0.1) is 0 Å². The number of hydrogen-bond donors (Lipinski definition) is 2. The molecule has 0 unspecified atom stereocenters. The van der Waals surface area contributed by atoms with Crippen LogP contribution < -0.4 is 5.32 Å². The Bertz CT molecular complexity index is 435. The molecule has 0 atom stereocenters. The number of aromatic amines is 1. The van der Waals surface area contributed by atoms with E-state index in [-0.39, 0.29) is 0 Å². The van der Waals surface area contributed by atoms with Crippen LogP contribution in [0.1, 0.15) is 11.3 Å². The van der Waals surface area contributed by atoms with E-state index in [9.17, 15) is 4.39 Å². The van der Waals surface area contributed by atoms with Crippen LogP contribution in [0.25, 0.3) is 0 Å². The molecule has 0 bridgehead atoms. The van der Waals surface area contributed by atoms with Crippen LogP contribution in [0.5, 0.6) is 0 Å². The first kappa shape index (κ1) is 9.64. The summed E-state index contributed by atoms with van der Waals surface area (Å²) in [4.78, 5) is 3.55. The number of aryl methyl sites for hydroxylation is 1. The summed E-state index contributed by atoms with van der Waals surface area (Å²) < 4.78 is 12.5. The molecule has 0 fully saturated rings. The lowest BCUT2D eigenvalue weighted by atomic mass is 10.2. The Morgan fingerprint density at radius 3 is 2.87 bits per heavy atom. The summed E-state index contributed by atoms with van der Waals surface area (Å²) in [6, 6.07) is 2.97.